The van der Waals surface area contributed by atoms with Gasteiger partial charge in [0.2, 0.25) is 0 Å². The normalized spacial score (nSPS) is 12.8. The van der Waals surface area contributed by atoms with Crippen LogP contribution in [-0.2, 0) is 24.1 Å². The Bertz CT molecular complexity index is 406. The van der Waals surface area contributed by atoms with Crippen LogP contribution >= 0.6 is 11.6 Å². The van der Waals surface area contributed by atoms with Crippen LogP contribution in [0.15, 0.2) is 0 Å². The third kappa shape index (κ3) is 5.61. The average molecular weight is 316 g/mol. The van der Waals surface area contributed by atoms with E-state index in [1.807, 2.05) is 11.6 Å². The maximum atomic E-state index is 6.51. The molecule has 0 fully saturated rings. The van der Waals surface area contributed by atoms with Gasteiger partial charge in [0.1, 0.15) is 0 Å². The van der Waals surface area contributed by atoms with Crippen molar-refractivity contribution in [3.63, 3.8) is 0 Å². The number of rotatable bonds is 11. The molecule has 1 N–H and O–H groups in total. The number of nitrogens with zero attached hydrogens (tertiary/aromatic N) is 2. The van der Waals surface area contributed by atoms with E-state index in [0.717, 1.165) is 68.4 Å². The van der Waals surface area contributed by atoms with Gasteiger partial charge < -0.3 is 10.1 Å². The molecule has 1 heterocycles. The molecular weight excluding hydrogens is 286 g/mol. The number of halogens is 1. The summed E-state index contributed by atoms with van der Waals surface area (Å²) in [5.41, 5.74) is 2.16. The first-order chi connectivity index (χ1) is 10.2. The molecule has 0 aromatic carbocycles. The zero-order chi connectivity index (χ0) is 15.7. The van der Waals surface area contributed by atoms with Gasteiger partial charge in [-0.05, 0) is 39.7 Å². The fourth-order valence-corrected chi connectivity index (χ4v) is 2.79. The maximum Gasteiger partial charge on any atom is 0.0850 e. The number of hydrogen-bond acceptors (Lipinski definition) is 3. The van der Waals surface area contributed by atoms with Crippen molar-refractivity contribution in [1.82, 2.24) is 15.1 Å². The van der Waals surface area contributed by atoms with Crippen molar-refractivity contribution >= 4 is 11.6 Å². The highest BCUT2D eigenvalue weighted by molar-refractivity contribution is 6.31. The van der Waals surface area contributed by atoms with Crippen LogP contribution in [0.2, 0.25) is 5.02 Å². The Hall–Kier alpha value is -0.580. The molecule has 4 nitrogen and oxygen atoms in total. The molecule has 21 heavy (non-hydrogen) atoms. The van der Waals surface area contributed by atoms with Crippen LogP contribution in [-0.4, -0.2) is 35.6 Å². The summed E-state index contributed by atoms with van der Waals surface area (Å²) in [7, 11) is 0. The van der Waals surface area contributed by atoms with E-state index in [2.05, 4.69) is 31.2 Å². The lowest BCUT2D eigenvalue weighted by atomic mass is 10.1. The molecule has 1 aromatic heterocycles. The molecule has 1 aromatic rings. The van der Waals surface area contributed by atoms with Crippen LogP contribution in [0.1, 0.15) is 51.9 Å². The molecule has 0 bridgehead atoms. The highest BCUT2D eigenvalue weighted by Crippen LogP contribution is 2.23. The largest absolute Gasteiger partial charge is 0.382 e. The SMILES string of the molecule is CCCNC(CCOCC)Cc1c(Cl)c(CC)nn1CC. The summed E-state index contributed by atoms with van der Waals surface area (Å²) < 4.78 is 7.54. The minimum atomic E-state index is 0.390. The van der Waals surface area contributed by atoms with Crippen molar-refractivity contribution in [2.24, 2.45) is 0 Å². The fraction of sp³-hybridized carbons (Fsp3) is 0.812. The molecule has 0 spiro atoms. The van der Waals surface area contributed by atoms with Crippen molar-refractivity contribution in [1.29, 1.82) is 0 Å². The molecule has 122 valence electrons. The maximum absolute atomic E-state index is 6.51. The average Bonchev–Trinajstić information content (AvgIpc) is 2.80. The van der Waals surface area contributed by atoms with Crippen LogP contribution in [0.5, 0.6) is 0 Å². The van der Waals surface area contributed by atoms with Crippen molar-refractivity contribution in [3.05, 3.63) is 16.4 Å². The molecule has 0 amide bonds. The van der Waals surface area contributed by atoms with Crippen LogP contribution in [0.4, 0.5) is 0 Å². The molecule has 0 saturated carbocycles. The zero-order valence-corrected chi connectivity index (χ0v) is 14.7. The topological polar surface area (TPSA) is 39.1 Å². The predicted molar refractivity (Wildman–Crippen MR) is 89.2 cm³/mol. The van der Waals surface area contributed by atoms with E-state index < -0.39 is 0 Å². The zero-order valence-electron chi connectivity index (χ0n) is 13.9. The lowest BCUT2D eigenvalue weighted by Gasteiger charge is -2.19. The number of hydrogen-bond donors (Lipinski definition) is 1. The van der Waals surface area contributed by atoms with Gasteiger partial charge >= 0.3 is 0 Å². The van der Waals surface area contributed by atoms with E-state index in [1.54, 1.807) is 0 Å². The molecule has 1 rings (SSSR count). The van der Waals surface area contributed by atoms with Crippen LogP contribution in [0.3, 0.4) is 0 Å². The van der Waals surface area contributed by atoms with E-state index in [0.29, 0.717) is 6.04 Å². The fourth-order valence-electron chi connectivity index (χ4n) is 2.44. The van der Waals surface area contributed by atoms with Gasteiger partial charge in [0.05, 0.1) is 16.4 Å². The van der Waals surface area contributed by atoms with Gasteiger partial charge in [0.15, 0.2) is 0 Å². The van der Waals surface area contributed by atoms with E-state index in [-0.39, 0.29) is 0 Å². The van der Waals surface area contributed by atoms with Crippen molar-refractivity contribution in [2.75, 3.05) is 19.8 Å². The molecule has 0 aliphatic carbocycles. The van der Waals surface area contributed by atoms with Crippen LogP contribution < -0.4 is 5.32 Å². The number of ether oxygens (including phenoxy) is 1. The van der Waals surface area contributed by atoms with Crippen LogP contribution in [0, 0.1) is 0 Å². The predicted octanol–water partition coefficient (Wildman–Crippen LogP) is 3.46. The molecule has 0 aliphatic rings. The van der Waals surface area contributed by atoms with E-state index in [9.17, 15) is 0 Å². The highest BCUT2D eigenvalue weighted by atomic mass is 35.5. The summed E-state index contributed by atoms with van der Waals surface area (Å²) in [6, 6.07) is 0.390. The summed E-state index contributed by atoms with van der Waals surface area (Å²) >= 11 is 6.51. The Morgan fingerprint density at radius 3 is 2.62 bits per heavy atom. The second-order valence-electron chi connectivity index (χ2n) is 5.22. The van der Waals surface area contributed by atoms with Gasteiger partial charge in [0.25, 0.3) is 0 Å². The molecule has 5 heteroatoms. The number of nitrogens with one attached hydrogen (secondary N) is 1. The minimum Gasteiger partial charge on any atom is -0.382 e. The summed E-state index contributed by atoms with van der Waals surface area (Å²) in [6.45, 7) is 11.9. The molecular formula is C16H30ClN3O. The summed E-state index contributed by atoms with van der Waals surface area (Å²) in [4.78, 5) is 0. The van der Waals surface area contributed by atoms with E-state index >= 15 is 0 Å². The Morgan fingerprint density at radius 2 is 2.05 bits per heavy atom. The highest BCUT2D eigenvalue weighted by Gasteiger charge is 2.18. The molecule has 1 unspecified atom stereocenters. The van der Waals surface area contributed by atoms with Gasteiger partial charge in [-0.1, -0.05) is 25.4 Å². The lowest BCUT2D eigenvalue weighted by Crippen LogP contribution is -2.33. The van der Waals surface area contributed by atoms with E-state index in [4.69, 9.17) is 16.3 Å². The monoisotopic (exact) mass is 315 g/mol. The smallest absolute Gasteiger partial charge is 0.0850 e. The summed E-state index contributed by atoms with van der Waals surface area (Å²) in [5, 5.41) is 9.05. The standard InChI is InChI=1S/C16H30ClN3O/c1-5-10-18-13(9-11-21-8-4)12-15-16(17)14(6-2)19-20(15)7-3/h13,18H,5-12H2,1-4H3. The molecule has 0 saturated heterocycles. The van der Waals surface area contributed by atoms with Gasteiger partial charge in [-0.25, -0.2) is 0 Å². The minimum absolute atomic E-state index is 0.390. The molecule has 0 aliphatic heterocycles. The lowest BCUT2D eigenvalue weighted by molar-refractivity contribution is 0.136. The van der Waals surface area contributed by atoms with Crippen molar-refractivity contribution in [3.8, 4) is 0 Å². The molecule has 1 atom stereocenters. The Labute approximate surface area is 134 Å². The summed E-state index contributed by atoms with van der Waals surface area (Å²) in [5.74, 6) is 0. The van der Waals surface area contributed by atoms with Crippen molar-refractivity contribution in [2.45, 2.75) is 66.0 Å². The first kappa shape index (κ1) is 18.5. The number of aromatic nitrogens is 2. The molecule has 0 radical (unpaired) electrons. The van der Waals surface area contributed by atoms with Crippen molar-refractivity contribution < 1.29 is 4.74 Å². The Kier molecular flexibility index (Phi) is 8.97. The number of aryl methyl sites for hydroxylation is 2. The van der Waals surface area contributed by atoms with Gasteiger partial charge in [-0.15, -0.1) is 0 Å². The van der Waals surface area contributed by atoms with Gasteiger partial charge in [-0.3, -0.25) is 4.68 Å². The first-order valence-corrected chi connectivity index (χ1v) is 8.60. The second-order valence-corrected chi connectivity index (χ2v) is 5.60. The second kappa shape index (κ2) is 10.2. The van der Waals surface area contributed by atoms with Crippen LogP contribution in [0.25, 0.3) is 0 Å². The Morgan fingerprint density at radius 1 is 1.29 bits per heavy atom. The van der Waals surface area contributed by atoms with Gasteiger partial charge in [-0.2, -0.15) is 5.10 Å². The first-order valence-electron chi connectivity index (χ1n) is 8.22. The van der Waals surface area contributed by atoms with E-state index in [1.165, 1.54) is 0 Å². The Balaban J connectivity index is 2.78. The quantitative estimate of drug-likeness (QED) is 0.636. The van der Waals surface area contributed by atoms with Gasteiger partial charge in [0, 0.05) is 32.2 Å². The third-order valence-electron chi connectivity index (χ3n) is 3.63. The summed E-state index contributed by atoms with van der Waals surface area (Å²) in [6.07, 6.45) is 3.92. The third-order valence-corrected chi connectivity index (χ3v) is 4.07.